The molecule has 0 amide bonds. The minimum atomic E-state index is 0.00653. The molecule has 0 bridgehead atoms. The van der Waals surface area contributed by atoms with Crippen LogP contribution in [0.2, 0.25) is 0 Å². The minimum absolute atomic E-state index is 0.00653. The van der Waals surface area contributed by atoms with Gasteiger partial charge in [0.15, 0.2) is 0 Å². The predicted octanol–water partition coefficient (Wildman–Crippen LogP) is 16.7. The lowest BCUT2D eigenvalue weighted by atomic mass is 9.78. The van der Waals surface area contributed by atoms with Gasteiger partial charge in [0, 0.05) is 22.4 Å². The van der Waals surface area contributed by atoms with E-state index in [9.17, 15) is 0 Å². The Kier molecular flexibility index (Phi) is 9.39. The second kappa shape index (κ2) is 15.5. The van der Waals surface area contributed by atoms with E-state index in [0.29, 0.717) is 0 Å². The van der Waals surface area contributed by atoms with Crippen LogP contribution in [0.4, 0.5) is 11.4 Å². The average molecular weight is 794 g/mol. The lowest BCUT2D eigenvalue weighted by molar-refractivity contribution is 0.602. The maximum Gasteiger partial charge on any atom is 0.0537 e. The highest BCUT2D eigenvalue weighted by Gasteiger charge is 2.39. The van der Waals surface area contributed by atoms with Crippen LogP contribution in [0.1, 0.15) is 37.8 Å². The molecule has 296 valence electrons. The Balaban J connectivity index is 1.03. The van der Waals surface area contributed by atoms with Gasteiger partial charge in [-0.25, -0.2) is 0 Å². The number of nitrogens with zero attached hydrogens (tertiary/aromatic N) is 1. The highest BCUT2D eigenvalue weighted by molar-refractivity contribution is 5.98. The van der Waals surface area contributed by atoms with Crippen molar-refractivity contribution in [1.82, 2.24) is 0 Å². The van der Waals surface area contributed by atoms with Crippen molar-refractivity contribution in [3.63, 3.8) is 0 Å². The first-order valence-corrected chi connectivity index (χ1v) is 21.9. The van der Waals surface area contributed by atoms with Crippen LogP contribution in [0.15, 0.2) is 236 Å². The van der Waals surface area contributed by atoms with Gasteiger partial charge >= 0.3 is 0 Å². The van der Waals surface area contributed by atoms with Gasteiger partial charge in [-0.2, -0.15) is 0 Å². The Labute approximate surface area is 365 Å². The lowest BCUT2D eigenvalue weighted by Gasteiger charge is -2.34. The number of fused-ring (bicyclic) bond motifs is 3. The molecule has 62 heavy (non-hydrogen) atoms. The quantitative estimate of drug-likeness (QED) is 0.148. The molecule has 0 N–H and O–H groups in total. The summed E-state index contributed by atoms with van der Waals surface area (Å²) in [4.78, 5) is 2.54. The van der Waals surface area contributed by atoms with Gasteiger partial charge in [-0.15, -0.1) is 0 Å². The van der Waals surface area contributed by atoms with Gasteiger partial charge in [0.1, 0.15) is 0 Å². The Morgan fingerprint density at radius 2 is 0.871 bits per heavy atom. The van der Waals surface area contributed by atoms with Crippen molar-refractivity contribution >= 4 is 27.7 Å². The summed E-state index contributed by atoms with van der Waals surface area (Å²) in [6.45, 7) is 4.80. The molecule has 0 fully saturated rings. The summed E-state index contributed by atoms with van der Waals surface area (Å²) < 4.78 is 0. The molecule has 0 aromatic heterocycles. The van der Waals surface area contributed by atoms with Crippen LogP contribution in [0.3, 0.4) is 0 Å². The standard InChI is InChI=1S/C61H47N/c1-61(2)58-29-14-12-26-55(58)57-41-48(39-40-59(57)61)62(47-37-35-43(36-38-47)42-31-33-46(34-32-42)50-28-16-20-45-19-6-7-21-49(45)50)60-30-15-13-27-56(60)54-25-11-10-24-53(54)52-23-9-8-22-51(52)44-17-4-3-5-18-44/h3-38,41H,39-40H2,1-2H3. The van der Waals surface area contributed by atoms with E-state index in [1.54, 1.807) is 5.57 Å². The van der Waals surface area contributed by atoms with Crippen LogP contribution >= 0.6 is 0 Å². The second-order valence-electron chi connectivity index (χ2n) is 17.2. The van der Waals surface area contributed by atoms with Gasteiger partial charge < -0.3 is 4.90 Å². The summed E-state index contributed by atoms with van der Waals surface area (Å²) in [6.07, 6.45) is 4.46. The summed E-state index contributed by atoms with van der Waals surface area (Å²) in [5.41, 5.74) is 21.5. The number of allylic oxidation sites excluding steroid dienone is 4. The van der Waals surface area contributed by atoms with E-state index in [-0.39, 0.29) is 5.41 Å². The van der Waals surface area contributed by atoms with Crippen LogP contribution in [-0.4, -0.2) is 0 Å². The Hall–Kier alpha value is -7.48. The Morgan fingerprint density at radius 3 is 1.61 bits per heavy atom. The molecule has 0 heterocycles. The summed E-state index contributed by atoms with van der Waals surface area (Å²) >= 11 is 0. The molecule has 0 radical (unpaired) electrons. The summed E-state index contributed by atoms with van der Waals surface area (Å²) in [7, 11) is 0. The molecule has 2 aliphatic carbocycles. The summed E-state index contributed by atoms with van der Waals surface area (Å²) in [5, 5.41) is 2.54. The molecule has 0 saturated carbocycles. The van der Waals surface area contributed by atoms with Crippen molar-refractivity contribution in [2.75, 3.05) is 4.90 Å². The van der Waals surface area contributed by atoms with Gasteiger partial charge in [0.25, 0.3) is 0 Å². The maximum absolute atomic E-state index is 2.54. The van der Waals surface area contributed by atoms with Crippen LogP contribution in [-0.2, 0) is 5.41 Å². The average Bonchev–Trinajstić information content (AvgIpc) is 3.57. The van der Waals surface area contributed by atoms with E-state index in [1.165, 1.54) is 94.5 Å². The van der Waals surface area contributed by atoms with E-state index < -0.39 is 0 Å². The van der Waals surface area contributed by atoms with Gasteiger partial charge in [-0.1, -0.05) is 220 Å². The predicted molar refractivity (Wildman–Crippen MR) is 263 cm³/mol. The lowest BCUT2D eigenvalue weighted by Crippen LogP contribution is -2.22. The van der Waals surface area contributed by atoms with Crippen molar-refractivity contribution in [1.29, 1.82) is 0 Å². The van der Waals surface area contributed by atoms with Crippen LogP contribution in [0.25, 0.3) is 72.0 Å². The fourth-order valence-electron chi connectivity index (χ4n) is 10.2. The first-order valence-electron chi connectivity index (χ1n) is 21.9. The SMILES string of the molecule is CC1(C)C2=C(C=C(N(c3ccc(-c4ccc(-c5cccc6ccccc56)cc4)cc3)c3ccccc3-c3ccccc3-c3ccccc3-c3ccccc3)CC2)c2ccccc21. The van der Waals surface area contributed by atoms with Gasteiger partial charge in [-0.05, 0) is 115 Å². The minimum Gasteiger partial charge on any atom is -0.314 e. The molecule has 11 rings (SSSR count). The third-order valence-corrected chi connectivity index (χ3v) is 13.3. The molecule has 0 unspecified atom stereocenters. The van der Waals surface area contributed by atoms with E-state index >= 15 is 0 Å². The Bertz CT molecular complexity index is 3180. The van der Waals surface area contributed by atoms with Crippen molar-refractivity contribution in [3.8, 4) is 55.6 Å². The largest absolute Gasteiger partial charge is 0.314 e. The molecule has 0 atom stereocenters. The van der Waals surface area contributed by atoms with Gasteiger partial charge in [-0.3, -0.25) is 0 Å². The molecule has 9 aromatic carbocycles. The maximum atomic E-state index is 2.54. The third-order valence-electron chi connectivity index (χ3n) is 13.3. The van der Waals surface area contributed by atoms with Crippen LogP contribution < -0.4 is 4.90 Å². The molecule has 1 heteroatoms. The topological polar surface area (TPSA) is 3.24 Å². The van der Waals surface area contributed by atoms with E-state index in [0.717, 1.165) is 18.5 Å². The van der Waals surface area contributed by atoms with E-state index in [2.05, 4.69) is 243 Å². The van der Waals surface area contributed by atoms with Crippen molar-refractivity contribution < 1.29 is 0 Å². The number of anilines is 2. The molecule has 9 aromatic rings. The van der Waals surface area contributed by atoms with Gasteiger partial charge in [0.05, 0.1) is 5.69 Å². The van der Waals surface area contributed by atoms with Crippen LogP contribution in [0, 0.1) is 0 Å². The van der Waals surface area contributed by atoms with Crippen LogP contribution in [0.5, 0.6) is 0 Å². The van der Waals surface area contributed by atoms with Crippen molar-refractivity contribution in [3.05, 3.63) is 247 Å². The van der Waals surface area contributed by atoms with Gasteiger partial charge in [0.2, 0.25) is 0 Å². The molecule has 0 saturated heterocycles. The number of para-hydroxylation sites is 1. The Morgan fingerprint density at radius 1 is 0.371 bits per heavy atom. The molecular weight excluding hydrogens is 747 g/mol. The molecular formula is C61H47N. The highest BCUT2D eigenvalue weighted by Crippen LogP contribution is 2.53. The fraction of sp³-hybridized carbons (Fsp3) is 0.0820. The zero-order valence-electron chi connectivity index (χ0n) is 35.2. The van der Waals surface area contributed by atoms with E-state index in [1.807, 2.05) is 0 Å². The highest BCUT2D eigenvalue weighted by atomic mass is 15.2. The second-order valence-corrected chi connectivity index (χ2v) is 17.2. The number of benzene rings is 9. The smallest absolute Gasteiger partial charge is 0.0537 e. The zero-order chi connectivity index (χ0) is 41.6. The summed E-state index contributed by atoms with van der Waals surface area (Å²) in [6, 6.07) is 80.0. The summed E-state index contributed by atoms with van der Waals surface area (Å²) in [5.74, 6) is 0. The first-order chi connectivity index (χ1) is 30.5. The van der Waals surface area contributed by atoms with E-state index in [4.69, 9.17) is 0 Å². The fourth-order valence-corrected chi connectivity index (χ4v) is 10.2. The molecule has 2 aliphatic rings. The molecule has 0 spiro atoms. The zero-order valence-corrected chi connectivity index (χ0v) is 35.2. The number of rotatable bonds is 8. The molecule has 0 aliphatic heterocycles. The number of hydrogen-bond donors (Lipinski definition) is 0. The van der Waals surface area contributed by atoms with Crippen molar-refractivity contribution in [2.45, 2.75) is 32.1 Å². The monoisotopic (exact) mass is 793 g/mol. The molecule has 1 nitrogen and oxygen atoms in total. The first kappa shape index (κ1) is 37.5. The number of hydrogen-bond acceptors (Lipinski definition) is 1. The third kappa shape index (κ3) is 6.49. The van der Waals surface area contributed by atoms with Crippen molar-refractivity contribution in [2.24, 2.45) is 0 Å². The normalized spacial score (nSPS) is 14.0.